The van der Waals surface area contributed by atoms with Crippen LogP contribution >= 0.6 is 11.6 Å². The minimum absolute atomic E-state index is 0.131. The Balaban J connectivity index is 1.09. The molecule has 0 aliphatic carbocycles. The van der Waals surface area contributed by atoms with E-state index in [4.69, 9.17) is 16.6 Å². The normalized spacial score (nSPS) is 10.9. The van der Waals surface area contributed by atoms with Gasteiger partial charge in [-0.1, -0.05) is 60.7 Å². The van der Waals surface area contributed by atoms with Crippen LogP contribution < -0.4 is 0 Å². The van der Waals surface area contributed by atoms with Gasteiger partial charge in [-0.25, -0.2) is 4.98 Å². The summed E-state index contributed by atoms with van der Waals surface area (Å²) in [5, 5.41) is 0.131. The zero-order chi connectivity index (χ0) is 29.0. The summed E-state index contributed by atoms with van der Waals surface area (Å²) >= 11 is 6.34. The number of nitrogens with zero attached hydrogens (tertiary/aromatic N) is 7. The summed E-state index contributed by atoms with van der Waals surface area (Å²) < 4.78 is 0. The maximum absolute atomic E-state index is 6.34. The van der Waals surface area contributed by atoms with Crippen molar-refractivity contribution in [2.24, 2.45) is 0 Å². The summed E-state index contributed by atoms with van der Waals surface area (Å²) in [5.74, 6) is 0.992. The third-order valence-electron chi connectivity index (χ3n) is 6.93. The fraction of sp³-hybridized carbons (Fsp3) is 0. The molecule has 7 nitrogen and oxygen atoms in total. The molecule has 8 heteroatoms. The maximum atomic E-state index is 6.34. The lowest BCUT2D eigenvalue weighted by Crippen LogP contribution is -1.97. The van der Waals surface area contributed by atoms with Gasteiger partial charge < -0.3 is 0 Å². The fourth-order valence-corrected chi connectivity index (χ4v) is 4.85. The summed E-state index contributed by atoms with van der Waals surface area (Å²) in [6, 6.07) is 35.5. The van der Waals surface area contributed by atoms with Crippen molar-refractivity contribution < 1.29 is 0 Å². The van der Waals surface area contributed by atoms with E-state index in [0.29, 0.717) is 11.6 Å². The third-order valence-corrected chi connectivity index (χ3v) is 7.10. The predicted molar refractivity (Wildman–Crippen MR) is 169 cm³/mol. The van der Waals surface area contributed by atoms with E-state index in [0.717, 1.165) is 56.2 Å². The maximum Gasteiger partial charge on any atom is 0.226 e. The van der Waals surface area contributed by atoms with Gasteiger partial charge in [-0.15, -0.1) is 0 Å². The van der Waals surface area contributed by atoms with E-state index in [9.17, 15) is 0 Å². The van der Waals surface area contributed by atoms with E-state index >= 15 is 0 Å². The highest BCUT2D eigenvalue weighted by Crippen LogP contribution is 2.28. The monoisotopic (exact) mass is 575 g/mol. The molecule has 2 aromatic carbocycles. The molecule has 0 amide bonds. The topological polar surface area (TPSA) is 90.2 Å². The van der Waals surface area contributed by atoms with Gasteiger partial charge >= 0.3 is 0 Å². The average Bonchev–Trinajstić information content (AvgIpc) is 3.09. The minimum Gasteiger partial charge on any atom is -0.256 e. The molecule has 0 N–H and O–H groups in total. The molecule has 7 aromatic rings. The molecule has 0 saturated carbocycles. The van der Waals surface area contributed by atoms with E-state index in [-0.39, 0.29) is 5.28 Å². The second-order valence-corrected chi connectivity index (χ2v) is 10.0. The van der Waals surface area contributed by atoms with Crippen LogP contribution in [0.25, 0.3) is 67.8 Å². The van der Waals surface area contributed by atoms with Gasteiger partial charge in [0.25, 0.3) is 0 Å². The number of benzene rings is 2. The van der Waals surface area contributed by atoms with Gasteiger partial charge in [-0.3, -0.25) is 19.9 Å². The van der Waals surface area contributed by atoms with Crippen LogP contribution in [0.15, 0.2) is 134 Å². The molecule has 204 valence electrons. The molecular formula is C35H22ClN7. The fourth-order valence-electron chi connectivity index (χ4n) is 4.69. The first-order valence-corrected chi connectivity index (χ1v) is 14.0. The quantitative estimate of drug-likeness (QED) is 0.198. The van der Waals surface area contributed by atoms with Crippen LogP contribution in [0, 0.1) is 0 Å². The van der Waals surface area contributed by atoms with E-state index in [2.05, 4.69) is 29.9 Å². The summed E-state index contributed by atoms with van der Waals surface area (Å²) in [4.78, 5) is 31.5. The van der Waals surface area contributed by atoms with Crippen molar-refractivity contribution >= 4 is 11.6 Å². The third kappa shape index (κ3) is 5.75. The number of pyridine rings is 4. The zero-order valence-electron chi connectivity index (χ0n) is 22.7. The zero-order valence-corrected chi connectivity index (χ0v) is 23.5. The van der Waals surface area contributed by atoms with Crippen LogP contribution in [0.4, 0.5) is 0 Å². The molecule has 0 spiro atoms. The van der Waals surface area contributed by atoms with E-state index in [1.807, 2.05) is 122 Å². The molecule has 0 unspecified atom stereocenters. The number of hydrogen-bond donors (Lipinski definition) is 0. The van der Waals surface area contributed by atoms with Crippen LogP contribution in [-0.2, 0) is 0 Å². The molecule has 0 radical (unpaired) electrons. The first-order valence-electron chi connectivity index (χ1n) is 13.6. The van der Waals surface area contributed by atoms with Crippen LogP contribution in [0.5, 0.6) is 0 Å². The number of aromatic nitrogens is 7. The van der Waals surface area contributed by atoms with Gasteiger partial charge in [0.05, 0.1) is 22.8 Å². The highest BCUT2D eigenvalue weighted by Gasteiger charge is 2.11. The molecule has 0 aliphatic rings. The Morgan fingerprint density at radius 3 is 1.12 bits per heavy atom. The Kier molecular flexibility index (Phi) is 7.13. The summed E-state index contributed by atoms with van der Waals surface area (Å²) in [6.07, 6.45) is 7.22. The van der Waals surface area contributed by atoms with Gasteiger partial charge in [0.1, 0.15) is 0 Å². The number of halogens is 1. The molecule has 0 atom stereocenters. The van der Waals surface area contributed by atoms with Gasteiger partial charge in [-0.2, -0.15) is 9.97 Å². The minimum atomic E-state index is 0.131. The molecule has 5 aromatic heterocycles. The average molecular weight is 576 g/mol. The molecule has 0 aliphatic heterocycles. The van der Waals surface area contributed by atoms with Crippen LogP contribution in [0.1, 0.15) is 0 Å². The molecule has 7 rings (SSSR count). The summed E-state index contributed by atoms with van der Waals surface area (Å²) in [5.41, 5.74) is 9.06. The van der Waals surface area contributed by atoms with Gasteiger partial charge in [0.15, 0.2) is 11.6 Å². The van der Waals surface area contributed by atoms with Crippen molar-refractivity contribution in [2.45, 2.75) is 0 Å². The Morgan fingerprint density at radius 1 is 0.349 bits per heavy atom. The SMILES string of the molecule is Clc1nc(-c2ccc(-c3ccc(-c4ccccn4)cn3)cc2)nc(-c2ccc(-c3ccc(-c4ccccn4)cn3)cc2)n1. The lowest BCUT2D eigenvalue weighted by molar-refractivity contribution is 1.07. The molecule has 0 fully saturated rings. The Hall–Kier alpha value is -5.66. The van der Waals surface area contributed by atoms with Crippen molar-refractivity contribution in [1.29, 1.82) is 0 Å². The Labute approximate surface area is 253 Å². The van der Waals surface area contributed by atoms with E-state index in [1.165, 1.54) is 0 Å². The first-order chi connectivity index (χ1) is 21.2. The van der Waals surface area contributed by atoms with Gasteiger partial charge in [0.2, 0.25) is 5.28 Å². The molecule has 5 heterocycles. The second-order valence-electron chi connectivity index (χ2n) is 9.70. The first kappa shape index (κ1) is 26.3. The van der Waals surface area contributed by atoms with Crippen molar-refractivity contribution in [3.8, 4) is 67.8 Å². The lowest BCUT2D eigenvalue weighted by Gasteiger charge is -2.08. The van der Waals surface area contributed by atoms with Crippen molar-refractivity contribution in [1.82, 2.24) is 34.9 Å². The second kappa shape index (κ2) is 11.7. The van der Waals surface area contributed by atoms with Gasteiger partial charge in [0, 0.05) is 58.2 Å². The molecule has 43 heavy (non-hydrogen) atoms. The molecular weight excluding hydrogens is 554 g/mol. The number of rotatable bonds is 6. The standard InChI is InChI=1S/C35H22ClN7/c36-35-42-33(25-11-7-23(8-12-25)31-17-15-27(21-39-31)29-5-1-3-19-37-29)41-34(43-35)26-13-9-24(10-14-26)32-18-16-28(22-40-32)30-6-2-4-20-38-30/h1-22H. The predicted octanol–water partition coefficient (Wildman–Crippen LogP) is 8.11. The van der Waals surface area contributed by atoms with Gasteiger partial charge in [-0.05, 0) is 60.1 Å². The number of hydrogen-bond acceptors (Lipinski definition) is 7. The van der Waals surface area contributed by atoms with Crippen molar-refractivity contribution in [3.05, 3.63) is 139 Å². The van der Waals surface area contributed by atoms with Crippen molar-refractivity contribution in [2.75, 3.05) is 0 Å². The Morgan fingerprint density at radius 2 is 0.744 bits per heavy atom. The van der Waals surface area contributed by atoms with Crippen LogP contribution in [0.3, 0.4) is 0 Å². The molecule has 0 saturated heterocycles. The van der Waals surface area contributed by atoms with Crippen molar-refractivity contribution in [3.63, 3.8) is 0 Å². The highest BCUT2D eigenvalue weighted by atomic mass is 35.5. The van der Waals surface area contributed by atoms with Crippen LogP contribution in [0.2, 0.25) is 5.28 Å². The van der Waals surface area contributed by atoms with E-state index < -0.39 is 0 Å². The Bertz CT molecular complexity index is 1840. The highest BCUT2D eigenvalue weighted by molar-refractivity contribution is 6.28. The summed E-state index contributed by atoms with van der Waals surface area (Å²) in [6.45, 7) is 0. The van der Waals surface area contributed by atoms with Crippen LogP contribution in [-0.4, -0.2) is 34.9 Å². The summed E-state index contributed by atoms with van der Waals surface area (Å²) in [7, 11) is 0. The lowest BCUT2D eigenvalue weighted by atomic mass is 10.1. The molecule has 0 bridgehead atoms. The largest absolute Gasteiger partial charge is 0.256 e. The smallest absolute Gasteiger partial charge is 0.226 e. The van der Waals surface area contributed by atoms with E-state index in [1.54, 1.807) is 12.4 Å².